The number of aromatic nitrogens is 2. The molecule has 136 valence electrons. The summed E-state index contributed by atoms with van der Waals surface area (Å²) >= 11 is 6.11. The Morgan fingerprint density at radius 2 is 2.00 bits per heavy atom. The van der Waals surface area contributed by atoms with Crippen molar-refractivity contribution in [2.24, 2.45) is 0 Å². The van der Waals surface area contributed by atoms with Crippen molar-refractivity contribution in [3.63, 3.8) is 0 Å². The van der Waals surface area contributed by atoms with Gasteiger partial charge in [0.2, 0.25) is 0 Å². The minimum atomic E-state index is -0.316. The van der Waals surface area contributed by atoms with Crippen LogP contribution in [0, 0.1) is 6.92 Å². The number of benzene rings is 2. The van der Waals surface area contributed by atoms with Gasteiger partial charge in [0.25, 0.3) is 5.91 Å². The fourth-order valence-electron chi connectivity index (χ4n) is 3.34. The van der Waals surface area contributed by atoms with Crippen molar-refractivity contribution in [2.75, 3.05) is 10.2 Å². The van der Waals surface area contributed by atoms with Crippen molar-refractivity contribution in [1.29, 1.82) is 0 Å². The molecule has 0 spiro atoms. The molecule has 0 bridgehead atoms. The molecule has 1 amide bonds. The number of aryl methyl sites for hydroxylation is 1. The maximum Gasteiger partial charge on any atom is 0.275 e. The number of para-hydroxylation sites is 1. The van der Waals surface area contributed by atoms with E-state index >= 15 is 0 Å². The molecule has 4 rings (SSSR count). The van der Waals surface area contributed by atoms with Crippen molar-refractivity contribution in [3.05, 3.63) is 76.7 Å². The first-order valence-corrected chi connectivity index (χ1v) is 9.17. The summed E-state index contributed by atoms with van der Waals surface area (Å²) < 4.78 is 0. The molecule has 6 heteroatoms. The van der Waals surface area contributed by atoms with Crippen molar-refractivity contribution in [1.82, 2.24) is 9.97 Å². The highest BCUT2D eigenvalue weighted by Crippen LogP contribution is 2.36. The first-order valence-electron chi connectivity index (χ1n) is 8.79. The van der Waals surface area contributed by atoms with E-state index in [9.17, 15) is 4.79 Å². The van der Waals surface area contributed by atoms with Gasteiger partial charge in [-0.15, -0.1) is 0 Å². The van der Waals surface area contributed by atoms with Gasteiger partial charge in [-0.2, -0.15) is 0 Å². The van der Waals surface area contributed by atoms with Crippen LogP contribution in [0.1, 0.15) is 28.5 Å². The van der Waals surface area contributed by atoms with Gasteiger partial charge in [0.05, 0.1) is 12.4 Å². The first kappa shape index (κ1) is 17.5. The predicted molar refractivity (Wildman–Crippen MR) is 108 cm³/mol. The summed E-state index contributed by atoms with van der Waals surface area (Å²) in [5, 5.41) is 3.41. The van der Waals surface area contributed by atoms with Gasteiger partial charge < -0.3 is 10.2 Å². The molecule has 1 atom stereocenters. The van der Waals surface area contributed by atoms with Crippen LogP contribution < -0.4 is 10.2 Å². The van der Waals surface area contributed by atoms with Crippen molar-refractivity contribution in [2.45, 2.75) is 26.3 Å². The van der Waals surface area contributed by atoms with Crippen LogP contribution in [0.15, 0.2) is 54.9 Å². The van der Waals surface area contributed by atoms with E-state index in [2.05, 4.69) is 39.2 Å². The van der Waals surface area contributed by atoms with Gasteiger partial charge >= 0.3 is 0 Å². The zero-order chi connectivity index (χ0) is 19.0. The topological polar surface area (TPSA) is 58.1 Å². The van der Waals surface area contributed by atoms with E-state index < -0.39 is 0 Å². The number of carbonyl (C=O) groups excluding carboxylic acids is 1. The quantitative estimate of drug-likeness (QED) is 0.713. The number of carbonyl (C=O) groups is 1. The number of nitrogens with one attached hydrogen (secondary N) is 1. The Labute approximate surface area is 163 Å². The highest BCUT2D eigenvalue weighted by Gasteiger charge is 2.27. The lowest BCUT2D eigenvalue weighted by Crippen LogP contribution is -2.25. The van der Waals surface area contributed by atoms with E-state index in [0.717, 1.165) is 23.5 Å². The average Bonchev–Trinajstić information content (AvgIpc) is 3.00. The molecule has 0 saturated carbocycles. The van der Waals surface area contributed by atoms with Gasteiger partial charge in [0.15, 0.2) is 5.82 Å². The van der Waals surface area contributed by atoms with Gasteiger partial charge in [-0.05, 0) is 49.6 Å². The number of hydrogen-bond donors (Lipinski definition) is 1. The van der Waals surface area contributed by atoms with Gasteiger partial charge in [-0.3, -0.25) is 4.79 Å². The molecule has 0 fully saturated rings. The van der Waals surface area contributed by atoms with Crippen LogP contribution in [0.2, 0.25) is 5.02 Å². The SMILES string of the molecule is Cc1ccc(NC(=O)c2cnc(N3c4ccccc4CC3C)cn2)cc1Cl. The summed E-state index contributed by atoms with van der Waals surface area (Å²) in [4.78, 5) is 23.4. The molecule has 1 aliphatic rings. The minimum Gasteiger partial charge on any atom is -0.322 e. The maximum atomic E-state index is 12.4. The Bertz CT molecular complexity index is 1000. The van der Waals surface area contributed by atoms with E-state index in [1.165, 1.54) is 11.8 Å². The van der Waals surface area contributed by atoms with E-state index in [-0.39, 0.29) is 11.6 Å². The number of halogens is 1. The lowest BCUT2D eigenvalue weighted by atomic mass is 10.1. The molecule has 2 aromatic carbocycles. The molecule has 27 heavy (non-hydrogen) atoms. The fraction of sp³-hybridized carbons (Fsp3) is 0.190. The Morgan fingerprint density at radius 3 is 2.74 bits per heavy atom. The molecular formula is C21H19ClN4O. The van der Waals surface area contributed by atoms with Crippen molar-refractivity contribution in [3.8, 4) is 0 Å². The second kappa shape index (κ2) is 7.00. The molecule has 1 aromatic heterocycles. The molecule has 5 nitrogen and oxygen atoms in total. The number of rotatable bonds is 3. The number of fused-ring (bicyclic) bond motifs is 1. The molecular weight excluding hydrogens is 360 g/mol. The summed E-state index contributed by atoms with van der Waals surface area (Å²) in [6.45, 7) is 4.07. The number of amides is 1. The van der Waals surface area contributed by atoms with Crippen LogP contribution in [-0.2, 0) is 6.42 Å². The lowest BCUT2D eigenvalue weighted by Gasteiger charge is -2.23. The summed E-state index contributed by atoms with van der Waals surface area (Å²) in [6, 6.07) is 14.0. The van der Waals surface area contributed by atoms with Crippen LogP contribution in [0.25, 0.3) is 0 Å². The van der Waals surface area contributed by atoms with Gasteiger partial charge in [-0.1, -0.05) is 35.9 Å². The van der Waals surface area contributed by atoms with Crippen LogP contribution >= 0.6 is 11.6 Å². The molecule has 1 aliphatic heterocycles. The Balaban J connectivity index is 1.54. The lowest BCUT2D eigenvalue weighted by molar-refractivity contribution is 0.102. The molecule has 1 unspecified atom stereocenters. The fourth-order valence-corrected chi connectivity index (χ4v) is 3.52. The average molecular weight is 379 g/mol. The van der Waals surface area contributed by atoms with Crippen LogP contribution in [0.5, 0.6) is 0 Å². The molecule has 2 heterocycles. The smallest absolute Gasteiger partial charge is 0.275 e. The van der Waals surface area contributed by atoms with E-state index in [1.54, 1.807) is 12.3 Å². The maximum absolute atomic E-state index is 12.4. The summed E-state index contributed by atoms with van der Waals surface area (Å²) in [6.07, 6.45) is 4.12. The monoisotopic (exact) mass is 378 g/mol. The zero-order valence-corrected chi connectivity index (χ0v) is 15.9. The standard InChI is InChI=1S/C21H19ClN4O/c1-13-7-8-16(10-17(13)22)25-21(27)18-11-24-20(12-23-18)26-14(2)9-15-5-3-4-6-19(15)26/h3-8,10-12,14H,9H2,1-2H3,(H,25,27). The Morgan fingerprint density at radius 1 is 1.19 bits per heavy atom. The predicted octanol–water partition coefficient (Wildman–Crippen LogP) is 4.77. The first-order chi connectivity index (χ1) is 13.0. The normalized spacial score (nSPS) is 15.5. The second-order valence-corrected chi connectivity index (χ2v) is 7.14. The van der Waals surface area contributed by atoms with Crippen molar-refractivity contribution >= 4 is 34.7 Å². The minimum absolute atomic E-state index is 0.260. The third-order valence-corrected chi connectivity index (χ3v) is 5.16. The van der Waals surface area contributed by atoms with Gasteiger partial charge in [0.1, 0.15) is 5.69 Å². The van der Waals surface area contributed by atoms with E-state index in [1.807, 2.05) is 31.2 Å². The third-order valence-electron chi connectivity index (χ3n) is 4.75. The highest BCUT2D eigenvalue weighted by molar-refractivity contribution is 6.31. The molecule has 3 aromatic rings. The van der Waals surface area contributed by atoms with Gasteiger partial charge in [0, 0.05) is 22.4 Å². The van der Waals surface area contributed by atoms with Crippen LogP contribution in [0.3, 0.4) is 0 Å². The third kappa shape index (κ3) is 3.38. The number of anilines is 3. The van der Waals surface area contributed by atoms with Crippen LogP contribution in [0.4, 0.5) is 17.2 Å². The Hall–Kier alpha value is -2.92. The molecule has 0 radical (unpaired) electrons. The van der Waals surface area contributed by atoms with Crippen molar-refractivity contribution < 1.29 is 4.79 Å². The number of hydrogen-bond acceptors (Lipinski definition) is 4. The highest BCUT2D eigenvalue weighted by atomic mass is 35.5. The second-order valence-electron chi connectivity index (χ2n) is 6.73. The zero-order valence-electron chi connectivity index (χ0n) is 15.1. The van der Waals surface area contributed by atoms with Crippen LogP contribution in [-0.4, -0.2) is 21.9 Å². The summed E-state index contributed by atoms with van der Waals surface area (Å²) in [5.74, 6) is 0.422. The largest absolute Gasteiger partial charge is 0.322 e. The van der Waals surface area contributed by atoms with E-state index in [4.69, 9.17) is 11.6 Å². The van der Waals surface area contributed by atoms with Gasteiger partial charge in [-0.25, -0.2) is 9.97 Å². The Kier molecular flexibility index (Phi) is 4.54. The summed E-state index contributed by atoms with van der Waals surface area (Å²) in [7, 11) is 0. The molecule has 1 N–H and O–H groups in total. The summed E-state index contributed by atoms with van der Waals surface area (Å²) in [5.41, 5.74) is 4.29. The molecule has 0 aliphatic carbocycles. The molecule has 0 saturated heterocycles. The number of nitrogens with zero attached hydrogens (tertiary/aromatic N) is 3. The van der Waals surface area contributed by atoms with E-state index in [0.29, 0.717) is 16.8 Å².